The largest absolute Gasteiger partial charge is 0.353 e. The number of amides is 2. The number of hydrogen-bond acceptors (Lipinski definition) is 3. The maximum Gasteiger partial charge on any atom is 0.233 e. The molecule has 156 valence electrons. The van der Waals surface area contributed by atoms with Crippen molar-refractivity contribution in [1.29, 1.82) is 0 Å². The Labute approximate surface area is 173 Å². The van der Waals surface area contributed by atoms with Crippen molar-refractivity contribution < 1.29 is 9.59 Å². The molecule has 0 aromatic heterocycles. The van der Waals surface area contributed by atoms with Gasteiger partial charge in [-0.15, -0.1) is 0 Å². The second-order valence-electron chi connectivity index (χ2n) is 9.59. The molecule has 29 heavy (non-hydrogen) atoms. The van der Waals surface area contributed by atoms with Crippen molar-refractivity contribution in [3.63, 3.8) is 0 Å². The van der Waals surface area contributed by atoms with E-state index in [0.29, 0.717) is 18.0 Å². The van der Waals surface area contributed by atoms with Crippen molar-refractivity contribution in [2.75, 3.05) is 26.2 Å². The molecule has 0 spiro atoms. The number of benzene rings is 1. The van der Waals surface area contributed by atoms with Gasteiger partial charge in [0.15, 0.2) is 0 Å². The minimum absolute atomic E-state index is 0.150. The lowest BCUT2D eigenvalue weighted by Gasteiger charge is -2.42. The summed E-state index contributed by atoms with van der Waals surface area (Å²) in [4.78, 5) is 30.4. The average molecular weight is 396 g/mol. The van der Waals surface area contributed by atoms with Gasteiger partial charge < -0.3 is 10.2 Å². The van der Waals surface area contributed by atoms with Crippen LogP contribution in [0, 0.1) is 5.92 Å². The summed E-state index contributed by atoms with van der Waals surface area (Å²) < 4.78 is 0. The highest BCUT2D eigenvalue weighted by Crippen LogP contribution is 2.49. The van der Waals surface area contributed by atoms with E-state index in [2.05, 4.69) is 27.2 Å². The standard InChI is InChI=1S/C24H33N3O2/c28-22(25-20-8-9-20)18-5-4-14-27(17-18)21-10-15-26(16-11-21)23(29)24(12-13-24)19-6-2-1-3-7-19/h1-3,6-7,18,20-21H,4-5,8-17H2,(H,25,28)/t18-/m0/s1. The Bertz CT molecular complexity index is 749. The molecule has 0 bridgehead atoms. The molecule has 2 saturated carbocycles. The fourth-order valence-electron chi connectivity index (χ4n) is 5.34. The summed E-state index contributed by atoms with van der Waals surface area (Å²) in [5.74, 6) is 0.752. The topological polar surface area (TPSA) is 52.7 Å². The average Bonchev–Trinajstić information content (AvgIpc) is 3.70. The lowest BCUT2D eigenvalue weighted by atomic mass is 9.91. The van der Waals surface area contributed by atoms with Crippen LogP contribution < -0.4 is 5.32 Å². The Kier molecular flexibility index (Phi) is 5.10. The van der Waals surface area contributed by atoms with E-state index in [-0.39, 0.29) is 17.2 Å². The summed E-state index contributed by atoms with van der Waals surface area (Å²) >= 11 is 0. The Balaban J connectivity index is 1.15. The Hall–Kier alpha value is -1.88. The molecule has 1 aromatic carbocycles. The van der Waals surface area contributed by atoms with Gasteiger partial charge in [-0.2, -0.15) is 0 Å². The predicted octanol–water partition coefficient (Wildman–Crippen LogP) is 2.70. The van der Waals surface area contributed by atoms with Gasteiger partial charge in [0.2, 0.25) is 11.8 Å². The number of hydrogen-bond donors (Lipinski definition) is 1. The van der Waals surface area contributed by atoms with Crippen LogP contribution in [0.15, 0.2) is 30.3 Å². The molecular formula is C24H33N3O2. The zero-order chi connectivity index (χ0) is 19.8. The monoisotopic (exact) mass is 395 g/mol. The lowest BCUT2D eigenvalue weighted by molar-refractivity contribution is -0.135. The smallest absolute Gasteiger partial charge is 0.233 e. The maximum atomic E-state index is 13.3. The van der Waals surface area contributed by atoms with Crippen LogP contribution in [0.1, 0.15) is 56.9 Å². The molecule has 5 heteroatoms. The van der Waals surface area contributed by atoms with Crippen molar-refractivity contribution in [3.05, 3.63) is 35.9 Å². The molecule has 1 N–H and O–H groups in total. The number of likely N-dealkylation sites (tertiary alicyclic amines) is 2. The molecule has 2 aliphatic heterocycles. The quantitative estimate of drug-likeness (QED) is 0.834. The van der Waals surface area contributed by atoms with E-state index in [4.69, 9.17) is 0 Å². The van der Waals surface area contributed by atoms with Gasteiger partial charge in [-0.3, -0.25) is 14.5 Å². The van der Waals surface area contributed by atoms with Crippen LogP contribution in [0.5, 0.6) is 0 Å². The molecule has 2 heterocycles. The van der Waals surface area contributed by atoms with Crippen LogP contribution in [0.2, 0.25) is 0 Å². The zero-order valence-electron chi connectivity index (χ0n) is 17.3. The fraction of sp³-hybridized carbons (Fsp3) is 0.667. The number of carbonyl (C=O) groups excluding carboxylic acids is 2. The van der Waals surface area contributed by atoms with E-state index in [0.717, 1.165) is 77.5 Å². The Morgan fingerprint density at radius 3 is 2.31 bits per heavy atom. The van der Waals surface area contributed by atoms with Crippen molar-refractivity contribution in [2.45, 2.75) is 68.9 Å². The summed E-state index contributed by atoms with van der Waals surface area (Å²) in [6, 6.07) is 11.3. The molecule has 0 unspecified atom stereocenters. The van der Waals surface area contributed by atoms with Gasteiger partial charge in [0.25, 0.3) is 0 Å². The lowest BCUT2D eigenvalue weighted by Crippen LogP contribution is -2.52. The van der Waals surface area contributed by atoms with Gasteiger partial charge in [-0.25, -0.2) is 0 Å². The first-order valence-electron chi connectivity index (χ1n) is 11.5. The van der Waals surface area contributed by atoms with Crippen LogP contribution in [0.3, 0.4) is 0 Å². The van der Waals surface area contributed by atoms with E-state index in [1.54, 1.807) is 0 Å². The first-order chi connectivity index (χ1) is 14.2. The number of piperidine rings is 2. The van der Waals surface area contributed by atoms with Gasteiger partial charge in [0.1, 0.15) is 0 Å². The highest BCUT2D eigenvalue weighted by molar-refractivity contribution is 5.91. The van der Waals surface area contributed by atoms with Crippen LogP contribution in [-0.2, 0) is 15.0 Å². The van der Waals surface area contributed by atoms with Gasteiger partial charge in [0, 0.05) is 31.7 Å². The number of carbonyl (C=O) groups is 2. The van der Waals surface area contributed by atoms with Crippen LogP contribution >= 0.6 is 0 Å². The second-order valence-corrected chi connectivity index (χ2v) is 9.59. The Morgan fingerprint density at radius 2 is 1.66 bits per heavy atom. The van der Waals surface area contributed by atoms with E-state index < -0.39 is 0 Å². The van der Waals surface area contributed by atoms with Crippen molar-refractivity contribution >= 4 is 11.8 Å². The molecule has 1 atom stereocenters. The molecule has 1 aromatic rings. The maximum absolute atomic E-state index is 13.3. The third-order valence-electron chi connectivity index (χ3n) is 7.50. The van der Waals surface area contributed by atoms with Gasteiger partial charge in [-0.05, 0) is 63.5 Å². The first kappa shape index (κ1) is 19.1. The van der Waals surface area contributed by atoms with Crippen LogP contribution in [0.25, 0.3) is 0 Å². The van der Waals surface area contributed by atoms with E-state index in [1.165, 1.54) is 5.56 Å². The predicted molar refractivity (Wildman–Crippen MR) is 112 cm³/mol. The summed E-state index contributed by atoms with van der Waals surface area (Å²) in [5.41, 5.74) is 0.943. The summed E-state index contributed by atoms with van der Waals surface area (Å²) in [5, 5.41) is 3.19. The minimum Gasteiger partial charge on any atom is -0.353 e. The third-order valence-corrected chi connectivity index (χ3v) is 7.50. The zero-order valence-corrected chi connectivity index (χ0v) is 17.3. The molecular weight excluding hydrogens is 362 g/mol. The van der Waals surface area contributed by atoms with Gasteiger partial charge >= 0.3 is 0 Å². The number of nitrogens with zero attached hydrogens (tertiary/aromatic N) is 2. The second kappa shape index (κ2) is 7.75. The molecule has 5 rings (SSSR count). The molecule has 4 aliphatic rings. The van der Waals surface area contributed by atoms with Crippen LogP contribution in [0.4, 0.5) is 0 Å². The normalized spacial score (nSPS) is 27.4. The summed E-state index contributed by atoms with van der Waals surface area (Å²) in [6.07, 6.45) is 8.48. The summed E-state index contributed by atoms with van der Waals surface area (Å²) in [7, 11) is 0. The van der Waals surface area contributed by atoms with Gasteiger partial charge in [0.05, 0.1) is 11.3 Å². The van der Waals surface area contributed by atoms with Crippen LogP contribution in [-0.4, -0.2) is 59.9 Å². The highest BCUT2D eigenvalue weighted by atomic mass is 16.2. The SMILES string of the molecule is O=C(NC1CC1)[C@H]1CCCN(C2CCN(C(=O)C3(c4ccccc4)CC3)CC2)C1. The number of rotatable bonds is 5. The molecule has 2 aliphatic carbocycles. The van der Waals surface area contributed by atoms with E-state index in [1.807, 2.05) is 18.2 Å². The van der Waals surface area contributed by atoms with E-state index >= 15 is 0 Å². The van der Waals surface area contributed by atoms with Crippen molar-refractivity contribution in [1.82, 2.24) is 15.1 Å². The summed E-state index contributed by atoms with van der Waals surface area (Å²) in [6.45, 7) is 3.70. The highest BCUT2D eigenvalue weighted by Gasteiger charge is 2.53. The van der Waals surface area contributed by atoms with Crippen molar-refractivity contribution in [2.24, 2.45) is 5.92 Å². The molecule has 0 radical (unpaired) electrons. The van der Waals surface area contributed by atoms with Gasteiger partial charge in [-0.1, -0.05) is 30.3 Å². The Morgan fingerprint density at radius 1 is 0.931 bits per heavy atom. The first-order valence-corrected chi connectivity index (χ1v) is 11.5. The molecule has 2 amide bonds. The van der Waals surface area contributed by atoms with Crippen molar-refractivity contribution in [3.8, 4) is 0 Å². The minimum atomic E-state index is -0.245. The molecule has 4 fully saturated rings. The fourth-order valence-corrected chi connectivity index (χ4v) is 5.34. The molecule has 2 saturated heterocycles. The molecule has 5 nitrogen and oxygen atoms in total. The third kappa shape index (κ3) is 3.94. The number of nitrogens with one attached hydrogen (secondary N) is 1. The van der Waals surface area contributed by atoms with E-state index in [9.17, 15) is 9.59 Å².